The van der Waals surface area contributed by atoms with E-state index in [0.717, 1.165) is 17.3 Å². The van der Waals surface area contributed by atoms with Gasteiger partial charge < -0.3 is 10.4 Å². The molecular weight excluding hydrogens is 250 g/mol. The molecule has 5 heteroatoms. The van der Waals surface area contributed by atoms with Crippen molar-refractivity contribution in [1.29, 1.82) is 0 Å². The Hall–Kier alpha value is -1.49. The second-order valence-corrected chi connectivity index (χ2v) is 5.00. The molecule has 0 saturated heterocycles. The Labute approximate surface area is 111 Å². The van der Waals surface area contributed by atoms with Gasteiger partial charge >= 0.3 is 5.97 Å². The Kier molecular flexibility index (Phi) is 6.28. The summed E-state index contributed by atoms with van der Waals surface area (Å²) in [5.74, 6) is -0.820. The van der Waals surface area contributed by atoms with Crippen molar-refractivity contribution in [3.63, 3.8) is 0 Å². The van der Waals surface area contributed by atoms with E-state index in [9.17, 15) is 9.59 Å². The van der Waals surface area contributed by atoms with Crippen LogP contribution in [0.4, 0.5) is 0 Å². The average molecular weight is 267 g/mol. The number of rotatable bonds is 7. The second-order valence-electron chi connectivity index (χ2n) is 3.81. The van der Waals surface area contributed by atoms with Gasteiger partial charge in [0.1, 0.15) is 5.25 Å². The lowest BCUT2D eigenvalue weighted by atomic mass is 10.2. The van der Waals surface area contributed by atoms with Crippen LogP contribution >= 0.6 is 11.8 Å². The van der Waals surface area contributed by atoms with E-state index in [-0.39, 0.29) is 11.7 Å². The van der Waals surface area contributed by atoms with Gasteiger partial charge in [-0.05, 0) is 12.0 Å². The monoisotopic (exact) mass is 267 g/mol. The number of benzene rings is 1. The number of hydrogen-bond acceptors (Lipinski definition) is 3. The number of carbonyl (C=O) groups excluding carboxylic acids is 1. The van der Waals surface area contributed by atoms with E-state index in [1.165, 1.54) is 0 Å². The molecule has 1 atom stereocenters. The number of thioether (sulfide) groups is 1. The Bertz CT molecular complexity index is 394. The SMILES string of the molecule is CCC(SCC(=O)NCc1ccccc1)C(=O)O. The number of aliphatic carboxylic acids is 1. The standard InChI is InChI=1S/C13H17NO3S/c1-2-11(13(16)17)18-9-12(15)14-8-10-6-4-3-5-7-10/h3-7,11H,2,8-9H2,1H3,(H,14,15)(H,16,17). The molecule has 1 amide bonds. The molecule has 0 aliphatic rings. The quantitative estimate of drug-likeness (QED) is 0.792. The van der Waals surface area contributed by atoms with Crippen LogP contribution in [-0.2, 0) is 16.1 Å². The summed E-state index contributed by atoms with van der Waals surface area (Å²) in [5, 5.41) is 11.1. The van der Waals surface area contributed by atoms with Gasteiger partial charge in [-0.25, -0.2) is 0 Å². The first-order chi connectivity index (χ1) is 8.63. The van der Waals surface area contributed by atoms with Crippen molar-refractivity contribution >= 4 is 23.6 Å². The molecule has 0 heterocycles. The molecule has 0 radical (unpaired) electrons. The van der Waals surface area contributed by atoms with Crippen molar-refractivity contribution < 1.29 is 14.7 Å². The van der Waals surface area contributed by atoms with Gasteiger partial charge in [0.05, 0.1) is 5.75 Å². The fraction of sp³-hybridized carbons (Fsp3) is 0.385. The van der Waals surface area contributed by atoms with Gasteiger partial charge in [-0.15, -0.1) is 11.8 Å². The first kappa shape index (κ1) is 14.6. The molecule has 0 fully saturated rings. The number of carbonyl (C=O) groups is 2. The molecule has 1 aromatic rings. The maximum absolute atomic E-state index is 11.5. The summed E-state index contributed by atoms with van der Waals surface area (Å²) in [4.78, 5) is 22.3. The van der Waals surface area contributed by atoms with Gasteiger partial charge in [0, 0.05) is 6.54 Å². The molecule has 1 aromatic carbocycles. The van der Waals surface area contributed by atoms with Crippen molar-refractivity contribution in [3.8, 4) is 0 Å². The van der Waals surface area contributed by atoms with Gasteiger partial charge in [-0.2, -0.15) is 0 Å². The van der Waals surface area contributed by atoms with Crippen molar-refractivity contribution in [2.24, 2.45) is 0 Å². The fourth-order valence-corrected chi connectivity index (χ4v) is 2.22. The first-order valence-electron chi connectivity index (χ1n) is 5.78. The van der Waals surface area contributed by atoms with Crippen molar-refractivity contribution in [2.45, 2.75) is 25.1 Å². The third kappa shape index (κ3) is 5.23. The summed E-state index contributed by atoms with van der Waals surface area (Å²) < 4.78 is 0. The molecule has 0 aliphatic carbocycles. The van der Waals surface area contributed by atoms with E-state index in [2.05, 4.69) is 5.32 Å². The molecular formula is C13H17NO3S. The van der Waals surface area contributed by atoms with E-state index in [1.807, 2.05) is 30.3 Å². The Morgan fingerprint density at radius 1 is 1.33 bits per heavy atom. The summed E-state index contributed by atoms with van der Waals surface area (Å²) in [6.45, 7) is 2.28. The van der Waals surface area contributed by atoms with E-state index >= 15 is 0 Å². The summed E-state index contributed by atoms with van der Waals surface area (Å²) in [5.41, 5.74) is 1.03. The minimum Gasteiger partial charge on any atom is -0.480 e. The zero-order valence-corrected chi connectivity index (χ0v) is 11.1. The van der Waals surface area contributed by atoms with E-state index in [0.29, 0.717) is 13.0 Å². The van der Waals surface area contributed by atoms with Crippen LogP contribution in [0.3, 0.4) is 0 Å². The molecule has 1 unspecified atom stereocenters. The largest absolute Gasteiger partial charge is 0.480 e. The number of nitrogens with one attached hydrogen (secondary N) is 1. The van der Waals surface area contributed by atoms with Crippen LogP contribution in [0.15, 0.2) is 30.3 Å². The molecule has 0 aromatic heterocycles. The Morgan fingerprint density at radius 2 is 2.00 bits per heavy atom. The molecule has 0 bridgehead atoms. The highest BCUT2D eigenvalue weighted by molar-refractivity contribution is 8.01. The molecule has 2 N–H and O–H groups in total. The molecule has 1 rings (SSSR count). The predicted molar refractivity (Wildman–Crippen MR) is 72.5 cm³/mol. The number of hydrogen-bond donors (Lipinski definition) is 2. The molecule has 18 heavy (non-hydrogen) atoms. The summed E-state index contributed by atoms with van der Waals surface area (Å²) in [6, 6.07) is 9.60. The molecule has 0 saturated carbocycles. The fourth-order valence-electron chi connectivity index (χ4n) is 1.39. The number of amides is 1. The molecule has 4 nitrogen and oxygen atoms in total. The second kappa shape index (κ2) is 7.76. The van der Waals surface area contributed by atoms with Crippen LogP contribution in [0.25, 0.3) is 0 Å². The van der Waals surface area contributed by atoms with E-state index in [4.69, 9.17) is 5.11 Å². The van der Waals surface area contributed by atoms with Gasteiger partial charge in [0.25, 0.3) is 0 Å². The third-order valence-corrected chi connectivity index (χ3v) is 3.76. The Morgan fingerprint density at radius 3 is 2.56 bits per heavy atom. The van der Waals surface area contributed by atoms with Crippen LogP contribution in [0, 0.1) is 0 Å². The minimum atomic E-state index is -0.863. The van der Waals surface area contributed by atoms with Gasteiger partial charge in [-0.1, -0.05) is 37.3 Å². The van der Waals surface area contributed by atoms with Gasteiger partial charge in [0.15, 0.2) is 0 Å². The minimum absolute atomic E-state index is 0.136. The third-order valence-electron chi connectivity index (χ3n) is 2.39. The highest BCUT2D eigenvalue weighted by Crippen LogP contribution is 2.14. The van der Waals surface area contributed by atoms with Crippen molar-refractivity contribution in [3.05, 3.63) is 35.9 Å². The van der Waals surface area contributed by atoms with Crippen LogP contribution in [-0.4, -0.2) is 28.0 Å². The number of carboxylic acids is 1. The van der Waals surface area contributed by atoms with Crippen molar-refractivity contribution in [2.75, 3.05) is 5.75 Å². The smallest absolute Gasteiger partial charge is 0.316 e. The average Bonchev–Trinajstić information content (AvgIpc) is 2.38. The van der Waals surface area contributed by atoms with E-state index < -0.39 is 11.2 Å². The predicted octanol–water partition coefficient (Wildman–Crippen LogP) is 1.90. The van der Waals surface area contributed by atoms with Gasteiger partial charge in [0.2, 0.25) is 5.91 Å². The van der Waals surface area contributed by atoms with Crippen molar-refractivity contribution in [1.82, 2.24) is 5.32 Å². The maximum atomic E-state index is 11.5. The zero-order valence-electron chi connectivity index (χ0n) is 10.3. The van der Waals surface area contributed by atoms with E-state index in [1.54, 1.807) is 6.92 Å². The molecule has 0 spiro atoms. The van der Waals surface area contributed by atoms with Gasteiger partial charge in [-0.3, -0.25) is 9.59 Å². The summed E-state index contributed by atoms with van der Waals surface area (Å²) in [7, 11) is 0. The first-order valence-corrected chi connectivity index (χ1v) is 6.83. The van der Waals surface area contributed by atoms with Crippen LogP contribution in [0.1, 0.15) is 18.9 Å². The lowest BCUT2D eigenvalue weighted by Gasteiger charge is -2.09. The zero-order chi connectivity index (χ0) is 13.4. The maximum Gasteiger partial charge on any atom is 0.316 e. The highest BCUT2D eigenvalue weighted by atomic mass is 32.2. The van der Waals surface area contributed by atoms with Crippen LogP contribution < -0.4 is 5.32 Å². The lowest BCUT2D eigenvalue weighted by molar-refractivity contribution is -0.136. The molecule has 98 valence electrons. The Balaban J connectivity index is 2.28. The van der Waals surface area contributed by atoms with Crippen LogP contribution in [0.5, 0.6) is 0 Å². The van der Waals surface area contributed by atoms with Crippen LogP contribution in [0.2, 0.25) is 0 Å². The lowest BCUT2D eigenvalue weighted by Crippen LogP contribution is -2.26. The topological polar surface area (TPSA) is 66.4 Å². The normalized spacial score (nSPS) is 11.8. The highest BCUT2D eigenvalue weighted by Gasteiger charge is 2.16. The molecule has 0 aliphatic heterocycles. The number of carboxylic acid groups (broad SMARTS) is 1. The summed E-state index contributed by atoms with van der Waals surface area (Å²) >= 11 is 1.16. The summed E-state index contributed by atoms with van der Waals surface area (Å²) in [6.07, 6.45) is 0.520.